The summed E-state index contributed by atoms with van der Waals surface area (Å²) >= 11 is 6.58. The van der Waals surface area contributed by atoms with Crippen LogP contribution in [0.25, 0.3) is 10.9 Å². The molecule has 16 nitrogen and oxygen atoms in total. The predicted molar refractivity (Wildman–Crippen MR) is 245 cm³/mol. The van der Waals surface area contributed by atoms with Crippen LogP contribution in [0.4, 0.5) is 26.2 Å². The minimum atomic E-state index is -0.719. The number of pyridine rings is 1. The van der Waals surface area contributed by atoms with Crippen LogP contribution in [0.15, 0.2) is 53.5 Å². The van der Waals surface area contributed by atoms with Crippen molar-refractivity contribution >= 4 is 63.6 Å². The van der Waals surface area contributed by atoms with Gasteiger partial charge in [-0.25, -0.2) is 9.37 Å². The Morgan fingerprint density at radius 3 is 2.52 bits per heavy atom. The molecule has 1 aliphatic carbocycles. The quantitative estimate of drug-likeness (QED) is 0.106. The molecule has 3 aliphatic heterocycles. The number of aromatic nitrogens is 3. The maximum Gasteiger partial charge on any atom is 0.293 e. The molecule has 3 fully saturated rings. The zero-order valence-corrected chi connectivity index (χ0v) is 38.1. The summed E-state index contributed by atoms with van der Waals surface area (Å²) in [6, 6.07) is 11.8. The number of halogens is 3. The normalized spacial score (nSPS) is 20.4. The van der Waals surface area contributed by atoms with E-state index >= 15 is 0 Å². The molecule has 2 saturated heterocycles. The van der Waals surface area contributed by atoms with Crippen LogP contribution in [0.3, 0.4) is 0 Å². The van der Waals surface area contributed by atoms with Crippen molar-refractivity contribution in [3.8, 4) is 5.75 Å². The van der Waals surface area contributed by atoms with Crippen LogP contribution in [0.5, 0.6) is 5.75 Å². The number of benzene rings is 2. The summed E-state index contributed by atoms with van der Waals surface area (Å²) in [5.41, 5.74) is 3.04. The van der Waals surface area contributed by atoms with Crippen LogP contribution < -0.4 is 31.1 Å². The molecule has 1 saturated carbocycles. The van der Waals surface area contributed by atoms with Gasteiger partial charge in [0.25, 0.3) is 17.4 Å². The second-order valence-corrected chi connectivity index (χ2v) is 18.2. The summed E-state index contributed by atoms with van der Waals surface area (Å²) in [6.07, 6.45) is 5.65. The molecule has 2 unspecified atom stereocenters. The van der Waals surface area contributed by atoms with E-state index in [1.807, 2.05) is 38.1 Å². The summed E-state index contributed by atoms with van der Waals surface area (Å²) in [7, 11) is 1.50. The molecule has 19 heteroatoms. The number of likely N-dealkylation sites (N-methyl/N-ethyl adjacent to an activating group) is 1. The molecule has 2 atom stereocenters. The van der Waals surface area contributed by atoms with Gasteiger partial charge in [0.1, 0.15) is 17.7 Å². The lowest BCUT2D eigenvalue weighted by atomic mass is 9.86. The van der Waals surface area contributed by atoms with E-state index in [-0.39, 0.29) is 85.9 Å². The monoisotopic (exact) mass is 931 g/mol. The molecule has 3 N–H and O–H groups in total. The van der Waals surface area contributed by atoms with Crippen molar-refractivity contribution in [1.29, 1.82) is 0 Å². The van der Waals surface area contributed by atoms with Crippen LogP contribution in [-0.2, 0) is 25.7 Å². The van der Waals surface area contributed by atoms with Crippen molar-refractivity contribution < 1.29 is 37.4 Å². The smallest absolute Gasteiger partial charge is 0.293 e. The Kier molecular flexibility index (Phi) is 14.5. The lowest BCUT2D eigenvalue weighted by molar-refractivity contribution is -0.137. The molecule has 0 radical (unpaired) electrons. The van der Waals surface area contributed by atoms with Gasteiger partial charge in [-0.05, 0) is 100 Å². The second kappa shape index (κ2) is 20.4. The highest BCUT2D eigenvalue weighted by atomic mass is 35.5. The Morgan fingerprint density at radius 1 is 1.02 bits per heavy atom. The van der Waals surface area contributed by atoms with Crippen LogP contribution in [0.1, 0.15) is 92.2 Å². The number of carbonyl (C=O) groups excluding carboxylic acids is 4. The number of carbonyl (C=O) groups is 4. The molecule has 4 aliphatic rings. The van der Waals surface area contributed by atoms with Crippen molar-refractivity contribution in [1.82, 2.24) is 35.0 Å². The number of rotatable bonds is 18. The molecule has 8 rings (SSSR count). The fourth-order valence-corrected chi connectivity index (χ4v) is 9.60. The maximum atomic E-state index is 14.6. The molecule has 4 amide bonds. The van der Waals surface area contributed by atoms with Crippen LogP contribution in [0, 0.1) is 0 Å². The first kappa shape index (κ1) is 46.8. The highest BCUT2D eigenvalue weighted by Gasteiger charge is 2.40. The van der Waals surface area contributed by atoms with Crippen LogP contribution in [0.2, 0.25) is 5.02 Å². The highest BCUT2D eigenvalue weighted by Crippen LogP contribution is 2.35. The third kappa shape index (κ3) is 10.1. The number of hydrogen-bond acceptors (Lipinski definition) is 12. The van der Waals surface area contributed by atoms with E-state index in [0.29, 0.717) is 59.6 Å². The van der Waals surface area contributed by atoms with E-state index in [4.69, 9.17) is 26.1 Å². The zero-order valence-electron chi connectivity index (χ0n) is 37.4. The summed E-state index contributed by atoms with van der Waals surface area (Å²) < 4.78 is 42.1. The van der Waals surface area contributed by atoms with Crippen LogP contribution in [-0.4, -0.2) is 125 Å². The molecule has 0 spiro atoms. The van der Waals surface area contributed by atoms with E-state index in [9.17, 15) is 32.8 Å². The van der Waals surface area contributed by atoms with Crippen molar-refractivity contribution in [2.75, 3.05) is 63.4 Å². The first-order valence-electron chi connectivity index (χ1n) is 22.7. The largest absolute Gasteiger partial charge is 0.478 e. The lowest BCUT2D eigenvalue weighted by Crippen LogP contribution is -2.52. The van der Waals surface area contributed by atoms with Gasteiger partial charge in [-0.1, -0.05) is 23.7 Å². The van der Waals surface area contributed by atoms with Gasteiger partial charge in [0.05, 0.1) is 30.6 Å². The van der Waals surface area contributed by atoms with Gasteiger partial charge in [0, 0.05) is 74.3 Å². The molecule has 0 bridgehead atoms. The fraction of sp³-hybridized carbons (Fsp3) is 0.511. The summed E-state index contributed by atoms with van der Waals surface area (Å²) in [6.45, 7) is 4.75. The number of piperidine rings is 2. The SMILES string of the molecule is CNC(=O)COc1cc2cc(Nc3nc(N4CCC(OC5CC(N(CCF)CCC(CF)c6ccc7c(c6)CN(C6CCC(=O)NC6=O)C7=O)C5)CC4)ncc3Cl)ccc2n(C(C)C)c1=O. The lowest BCUT2D eigenvalue weighted by Gasteiger charge is -2.45. The van der Waals surface area contributed by atoms with E-state index in [1.165, 1.54) is 11.9 Å². The Bertz CT molecular complexity index is 2530. The van der Waals surface area contributed by atoms with E-state index < -0.39 is 31.2 Å². The molecular weight excluding hydrogens is 876 g/mol. The average Bonchev–Trinajstić information content (AvgIpc) is 3.62. The van der Waals surface area contributed by atoms with Gasteiger partial charge in [-0.3, -0.25) is 38.6 Å². The number of anilines is 3. The fourth-order valence-electron chi connectivity index (χ4n) is 9.46. The molecule has 5 heterocycles. The Balaban J connectivity index is 0.821. The number of fused-ring (bicyclic) bond motifs is 2. The van der Waals surface area contributed by atoms with E-state index in [2.05, 4.69) is 30.7 Å². The summed E-state index contributed by atoms with van der Waals surface area (Å²) in [5.74, 6) is -0.862. The minimum absolute atomic E-state index is 0.0467. The second-order valence-electron chi connectivity index (χ2n) is 17.8. The zero-order chi connectivity index (χ0) is 46.6. The number of amides is 4. The van der Waals surface area contributed by atoms with Gasteiger partial charge in [-0.2, -0.15) is 4.98 Å². The van der Waals surface area contributed by atoms with E-state index in [1.54, 1.807) is 29.0 Å². The Labute approximate surface area is 386 Å². The molecule has 66 heavy (non-hydrogen) atoms. The first-order chi connectivity index (χ1) is 31.8. The van der Waals surface area contributed by atoms with Crippen molar-refractivity contribution in [2.24, 2.45) is 0 Å². The number of hydrogen-bond donors (Lipinski definition) is 3. The number of ether oxygens (including phenoxy) is 2. The van der Waals surface area contributed by atoms with Gasteiger partial charge < -0.3 is 34.5 Å². The minimum Gasteiger partial charge on any atom is -0.478 e. The van der Waals surface area contributed by atoms with Crippen molar-refractivity contribution in [3.05, 3.63) is 80.7 Å². The Hall–Kier alpha value is -5.72. The topological polar surface area (TPSA) is 180 Å². The van der Waals surface area contributed by atoms with Crippen molar-refractivity contribution in [2.45, 2.75) is 102 Å². The molecule has 2 aromatic carbocycles. The molecule has 4 aromatic rings. The average molecular weight is 932 g/mol. The maximum absolute atomic E-state index is 14.6. The number of nitrogens with zero attached hydrogens (tertiary/aromatic N) is 6. The number of nitrogens with one attached hydrogen (secondary N) is 3. The molecule has 352 valence electrons. The third-order valence-corrected chi connectivity index (χ3v) is 13.5. The Morgan fingerprint density at radius 2 is 1.80 bits per heavy atom. The third-order valence-electron chi connectivity index (χ3n) is 13.2. The van der Waals surface area contributed by atoms with Gasteiger partial charge in [-0.15, -0.1) is 0 Å². The highest BCUT2D eigenvalue weighted by molar-refractivity contribution is 6.33. The van der Waals surface area contributed by atoms with E-state index in [0.717, 1.165) is 42.2 Å². The molecular formula is C47H56ClF2N9O7. The summed E-state index contributed by atoms with van der Waals surface area (Å²) in [4.78, 5) is 77.4. The van der Waals surface area contributed by atoms with Gasteiger partial charge >= 0.3 is 0 Å². The number of alkyl halides is 2. The predicted octanol–water partition coefficient (Wildman–Crippen LogP) is 5.59. The van der Waals surface area contributed by atoms with Crippen molar-refractivity contribution in [3.63, 3.8) is 0 Å². The van der Waals surface area contributed by atoms with Crippen LogP contribution >= 0.6 is 11.6 Å². The first-order valence-corrected chi connectivity index (χ1v) is 23.1. The van der Waals surface area contributed by atoms with Gasteiger partial charge in [0.2, 0.25) is 17.8 Å². The molecule has 2 aromatic heterocycles. The summed E-state index contributed by atoms with van der Waals surface area (Å²) in [5, 5.41) is 9.17. The standard InChI is InChI=1S/C47H56ClF2N9O7/c1-27(2)59-38-7-5-32(19-30(38)20-40(46(59)64)65-26-42(61)51-3)53-43-37(48)24-52-47(55-43)57-15-11-34(12-16-57)66-35-21-33(22-35)56(17-13-49)14-10-29(23-50)28-4-6-36-31(18-28)25-58(45(36)63)39-8-9-41(60)54-44(39)62/h4-7,18-20,24,27,29,33-35,39H,8-17,21-23,25-26H2,1-3H3,(H,51,61)(H,52,53,55)(H,54,60,62). The number of imide groups is 1. The van der Waals surface area contributed by atoms with Gasteiger partial charge in [0.15, 0.2) is 18.2 Å².